The molecule has 0 saturated carbocycles. The lowest BCUT2D eigenvalue weighted by atomic mass is 10.2. The fourth-order valence-corrected chi connectivity index (χ4v) is 1.39. The maximum absolute atomic E-state index is 11.7. The SMILES string of the molecule is C#CCNC(=O)c1ccc(OC(C)C)c(OC)c1. The van der Waals surface area contributed by atoms with Crippen molar-refractivity contribution in [2.45, 2.75) is 20.0 Å². The van der Waals surface area contributed by atoms with E-state index in [9.17, 15) is 4.79 Å². The third-order valence-corrected chi connectivity index (χ3v) is 2.14. The van der Waals surface area contributed by atoms with Gasteiger partial charge in [0.25, 0.3) is 5.91 Å². The molecule has 4 heteroatoms. The molecular formula is C14H17NO3. The van der Waals surface area contributed by atoms with Crippen LogP contribution < -0.4 is 14.8 Å². The van der Waals surface area contributed by atoms with Crippen LogP contribution in [-0.4, -0.2) is 25.7 Å². The molecule has 0 fully saturated rings. The van der Waals surface area contributed by atoms with Gasteiger partial charge in [-0.3, -0.25) is 4.79 Å². The molecule has 0 aliphatic carbocycles. The molecule has 1 N–H and O–H groups in total. The molecule has 0 aromatic heterocycles. The molecule has 0 atom stereocenters. The molecule has 18 heavy (non-hydrogen) atoms. The lowest BCUT2D eigenvalue weighted by Gasteiger charge is -2.14. The van der Waals surface area contributed by atoms with Crippen molar-refractivity contribution in [2.75, 3.05) is 13.7 Å². The lowest BCUT2D eigenvalue weighted by molar-refractivity contribution is 0.0958. The van der Waals surface area contributed by atoms with Gasteiger partial charge in [-0.1, -0.05) is 5.92 Å². The summed E-state index contributed by atoms with van der Waals surface area (Å²) in [5, 5.41) is 2.59. The van der Waals surface area contributed by atoms with Crippen LogP contribution in [-0.2, 0) is 0 Å². The van der Waals surface area contributed by atoms with Crippen molar-refractivity contribution >= 4 is 5.91 Å². The lowest BCUT2D eigenvalue weighted by Crippen LogP contribution is -2.23. The van der Waals surface area contributed by atoms with Crippen molar-refractivity contribution in [1.82, 2.24) is 5.32 Å². The Morgan fingerprint density at radius 3 is 2.72 bits per heavy atom. The fraction of sp³-hybridized carbons (Fsp3) is 0.357. The molecular weight excluding hydrogens is 230 g/mol. The molecule has 0 spiro atoms. The van der Waals surface area contributed by atoms with Gasteiger partial charge in [-0.2, -0.15) is 0 Å². The molecule has 1 aromatic rings. The van der Waals surface area contributed by atoms with Crippen molar-refractivity contribution < 1.29 is 14.3 Å². The van der Waals surface area contributed by atoms with Crippen molar-refractivity contribution in [3.8, 4) is 23.8 Å². The zero-order chi connectivity index (χ0) is 13.5. The van der Waals surface area contributed by atoms with E-state index in [4.69, 9.17) is 15.9 Å². The number of amides is 1. The van der Waals surface area contributed by atoms with Crippen LogP contribution in [0.5, 0.6) is 11.5 Å². The Bertz CT molecular complexity index is 461. The Balaban J connectivity index is 2.91. The number of methoxy groups -OCH3 is 1. The maximum atomic E-state index is 11.7. The second-order valence-corrected chi connectivity index (χ2v) is 3.92. The molecule has 1 amide bonds. The molecule has 0 heterocycles. The summed E-state index contributed by atoms with van der Waals surface area (Å²) in [5.74, 6) is 3.25. The molecule has 0 aliphatic heterocycles. The third kappa shape index (κ3) is 3.70. The standard InChI is InChI=1S/C14H17NO3/c1-5-8-15-14(16)11-6-7-12(18-10(2)3)13(9-11)17-4/h1,6-7,9-10H,8H2,2-4H3,(H,15,16). The van der Waals surface area contributed by atoms with Gasteiger partial charge in [-0.15, -0.1) is 6.42 Å². The largest absolute Gasteiger partial charge is 0.493 e. The minimum absolute atomic E-state index is 0.0417. The Morgan fingerprint density at radius 1 is 1.44 bits per heavy atom. The number of terminal acetylenes is 1. The summed E-state index contributed by atoms with van der Waals surface area (Å²) in [4.78, 5) is 11.7. The average molecular weight is 247 g/mol. The summed E-state index contributed by atoms with van der Waals surface area (Å²) >= 11 is 0. The van der Waals surface area contributed by atoms with E-state index in [1.807, 2.05) is 13.8 Å². The Labute approximate surface area is 107 Å². The molecule has 0 radical (unpaired) electrons. The molecule has 0 bridgehead atoms. The number of benzene rings is 1. The summed E-state index contributed by atoms with van der Waals surface area (Å²) in [6.45, 7) is 4.05. The third-order valence-electron chi connectivity index (χ3n) is 2.14. The predicted octanol–water partition coefficient (Wildman–Crippen LogP) is 1.85. The van der Waals surface area contributed by atoms with Crippen LogP contribution in [0.25, 0.3) is 0 Å². The van der Waals surface area contributed by atoms with Gasteiger partial charge in [0.05, 0.1) is 19.8 Å². The van der Waals surface area contributed by atoms with Gasteiger partial charge in [0.2, 0.25) is 0 Å². The number of ether oxygens (including phenoxy) is 2. The van der Waals surface area contributed by atoms with Gasteiger partial charge in [0.15, 0.2) is 11.5 Å². The van der Waals surface area contributed by atoms with E-state index in [0.29, 0.717) is 17.1 Å². The van der Waals surface area contributed by atoms with Gasteiger partial charge in [0, 0.05) is 5.56 Å². The minimum Gasteiger partial charge on any atom is -0.493 e. The normalized spacial score (nSPS) is 9.72. The van der Waals surface area contributed by atoms with E-state index >= 15 is 0 Å². The second kappa shape index (κ2) is 6.55. The number of carbonyl (C=O) groups excluding carboxylic acids is 1. The Hall–Kier alpha value is -2.15. The summed E-state index contributed by atoms with van der Waals surface area (Å²) in [6, 6.07) is 5.01. The maximum Gasteiger partial charge on any atom is 0.252 e. The van der Waals surface area contributed by atoms with Gasteiger partial charge in [0.1, 0.15) is 0 Å². The monoisotopic (exact) mass is 247 g/mol. The van der Waals surface area contributed by atoms with E-state index in [2.05, 4.69) is 11.2 Å². The van der Waals surface area contributed by atoms with Crippen molar-refractivity contribution in [1.29, 1.82) is 0 Å². The number of carbonyl (C=O) groups is 1. The highest BCUT2D eigenvalue weighted by atomic mass is 16.5. The van der Waals surface area contributed by atoms with Crippen LogP contribution >= 0.6 is 0 Å². The number of hydrogen-bond donors (Lipinski definition) is 1. The second-order valence-electron chi connectivity index (χ2n) is 3.92. The highest BCUT2D eigenvalue weighted by molar-refractivity contribution is 5.95. The van der Waals surface area contributed by atoms with E-state index in [0.717, 1.165) is 0 Å². The van der Waals surface area contributed by atoms with Crippen LogP contribution in [0, 0.1) is 12.3 Å². The predicted molar refractivity (Wildman–Crippen MR) is 69.9 cm³/mol. The Morgan fingerprint density at radius 2 is 2.17 bits per heavy atom. The highest BCUT2D eigenvalue weighted by Crippen LogP contribution is 2.28. The molecule has 0 saturated heterocycles. The van der Waals surface area contributed by atoms with Crippen LogP contribution in [0.4, 0.5) is 0 Å². The number of hydrogen-bond acceptors (Lipinski definition) is 3. The zero-order valence-corrected chi connectivity index (χ0v) is 10.8. The summed E-state index contributed by atoms with van der Waals surface area (Å²) in [7, 11) is 1.53. The molecule has 4 nitrogen and oxygen atoms in total. The first-order chi connectivity index (χ1) is 8.58. The van der Waals surface area contributed by atoms with Gasteiger partial charge < -0.3 is 14.8 Å². The quantitative estimate of drug-likeness (QED) is 0.808. The van der Waals surface area contributed by atoms with Crippen LogP contribution in [0.1, 0.15) is 24.2 Å². The number of nitrogens with one attached hydrogen (secondary N) is 1. The van der Waals surface area contributed by atoms with E-state index in [1.54, 1.807) is 18.2 Å². The molecule has 0 aliphatic rings. The summed E-state index contributed by atoms with van der Waals surface area (Å²) in [6.07, 6.45) is 5.12. The van der Waals surface area contributed by atoms with Gasteiger partial charge in [-0.05, 0) is 32.0 Å². The minimum atomic E-state index is -0.234. The smallest absolute Gasteiger partial charge is 0.252 e. The first kappa shape index (κ1) is 13.9. The average Bonchev–Trinajstić information content (AvgIpc) is 2.35. The molecule has 1 aromatic carbocycles. The number of rotatable bonds is 5. The Kier molecular flexibility index (Phi) is 5.06. The summed E-state index contributed by atoms with van der Waals surface area (Å²) < 4.78 is 10.8. The van der Waals surface area contributed by atoms with Crippen LogP contribution in [0.2, 0.25) is 0 Å². The molecule has 1 rings (SSSR count). The topological polar surface area (TPSA) is 47.6 Å². The van der Waals surface area contributed by atoms with E-state index in [-0.39, 0.29) is 18.6 Å². The van der Waals surface area contributed by atoms with Crippen molar-refractivity contribution in [3.63, 3.8) is 0 Å². The van der Waals surface area contributed by atoms with E-state index < -0.39 is 0 Å². The molecule has 0 unspecified atom stereocenters. The fourth-order valence-electron chi connectivity index (χ4n) is 1.39. The van der Waals surface area contributed by atoms with Crippen molar-refractivity contribution in [3.05, 3.63) is 23.8 Å². The highest BCUT2D eigenvalue weighted by Gasteiger charge is 2.11. The first-order valence-corrected chi connectivity index (χ1v) is 5.64. The van der Waals surface area contributed by atoms with Crippen LogP contribution in [0.15, 0.2) is 18.2 Å². The first-order valence-electron chi connectivity index (χ1n) is 5.64. The van der Waals surface area contributed by atoms with Crippen molar-refractivity contribution in [2.24, 2.45) is 0 Å². The van der Waals surface area contributed by atoms with E-state index in [1.165, 1.54) is 7.11 Å². The molecule has 96 valence electrons. The van der Waals surface area contributed by atoms with Crippen LogP contribution in [0.3, 0.4) is 0 Å². The summed E-state index contributed by atoms with van der Waals surface area (Å²) in [5.41, 5.74) is 0.484. The van der Waals surface area contributed by atoms with Gasteiger partial charge in [-0.25, -0.2) is 0 Å². The zero-order valence-electron chi connectivity index (χ0n) is 10.8. The van der Waals surface area contributed by atoms with Gasteiger partial charge >= 0.3 is 0 Å².